The molecule has 0 aliphatic rings. The van der Waals surface area contributed by atoms with Gasteiger partial charge in [0.2, 0.25) is 5.95 Å². The molecule has 4 nitrogen and oxygen atoms in total. The summed E-state index contributed by atoms with van der Waals surface area (Å²) in [5.74, 6) is 0.992. The molecule has 0 saturated heterocycles. The van der Waals surface area contributed by atoms with Crippen LogP contribution in [0.2, 0.25) is 0 Å². The molecule has 0 amide bonds. The van der Waals surface area contributed by atoms with Gasteiger partial charge in [-0.05, 0) is 26.4 Å². The maximum atomic E-state index is 4.37. The second-order valence-corrected chi connectivity index (χ2v) is 4.42. The minimum atomic E-state index is 0.455. The van der Waals surface area contributed by atoms with Crippen molar-refractivity contribution in [3.63, 3.8) is 0 Å². The largest absolute Gasteiger partial charge is 0.356 e. The summed E-state index contributed by atoms with van der Waals surface area (Å²) in [6.07, 6.45) is 5.06. The van der Waals surface area contributed by atoms with Crippen molar-refractivity contribution >= 4 is 5.95 Å². The summed E-state index contributed by atoms with van der Waals surface area (Å²) in [4.78, 5) is 6.81. The molecule has 1 heterocycles. The molecule has 0 spiro atoms. The van der Waals surface area contributed by atoms with Crippen LogP contribution < -0.4 is 5.32 Å². The Morgan fingerprint density at radius 1 is 1.35 bits per heavy atom. The molecule has 0 bridgehead atoms. The fraction of sp³-hybridized carbons (Fsp3) is 0.769. The van der Waals surface area contributed by atoms with Crippen molar-refractivity contribution in [3.05, 3.63) is 12.4 Å². The number of imidazole rings is 1. The van der Waals surface area contributed by atoms with Gasteiger partial charge in [0.1, 0.15) is 0 Å². The molecule has 0 aromatic carbocycles. The van der Waals surface area contributed by atoms with Crippen LogP contribution in [0.25, 0.3) is 0 Å². The maximum Gasteiger partial charge on any atom is 0.203 e. The molecule has 1 aromatic heterocycles. The summed E-state index contributed by atoms with van der Waals surface area (Å²) in [6, 6.07) is 0.455. The van der Waals surface area contributed by atoms with E-state index in [4.69, 9.17) is 0 Å². The molecule has 0 fully saturated rings. The third-order valence-corrected chi connectivity index (χ3v) is 3.09. The van der Waals surface area contributed by atoms with Crippen LogP contribution in [0.1, 0.15) is 40.2 Å². The topological polar surface area (TPSA) is 33.1 Å². The zero-order valence-corrected chi connectivity index (χ0v) is 11.6. The van der Waals surface area contributed by atoms with Crippen LogP contribution in [-0.2, 0) is 0 Å². The van der Waals surface area contributed by atoms with Crippen molar-refractivity contribution in [3.8, 4) is 0 Å². The van der Waals surface area contributed by atoms with Gasteiger partial charge in [-0.2, -0.15) is 0 Å². The first-order valence-corrected chi connectivity index (χ1v) is 6.71. The Labute approximate surface area is 105 Å². The summed E-state index contributed by atoms with van der Waals surface area (Å²) in [5, 5.41) is 3.37. The van der Waals surface area contributed by atoms with Crippen molar-refractivity contribution in [1.29, 1.82) is 0 Å². The Morgan fingerprint density at radius 3 is 2.65 bits per heavy atom. The normalized spacial score (nSPS) is 13.0. The van der Waals surface area contributed by atoms with Crippen LogP contribution in [0, 0.1) is 0 Å². The Hall–Kier alpha value is -1.03. The van der Waals surface area contributed by atoms with Gasteiger partial charge >= 0.3 is 0 Å². The average Bonchev–Trinajstić information content (AvgIpc) is 2.81. The van der Waals surface area contributed by atoms with E-state index in [9.17, 15) is 0 Å². The third-order valence-electron chi connectivity index (χ3n) is 3.09. The van der Waals surface area contributed by atoms with Crippen LogP contribution in [0.4, 0.5) is 5.95 Å². The van der Waals surface area contributed by atoms with E-state index in [1.807, 2.05) is 6.20 Å². The number of hydrogen-bond acceptors (Lipinski definition) is 3. The van der Waals surface area contributed by atoms with Crippen molar-refractivity contribution in [2.24, 2.45) is 0 Å². The standard InChI is InChI=1S/C13H26N4/c1-5-8-14-13-15-9-10-17(13)12(4)11-16(6-2)7-3/h9-10,12H,5-8,11H2,1-4H3,(H,14,15). The van der Waals surface area contributed by atoms with E-state index >= 15 is 0 Å². The molecule has 0 aliphatic carbocycles. The number of nitrogens with zero attached hydrogens (tertiary/aromatic N) is 3. The number of aromatic nitrogens is 2. The molecular weight excluding hydrogens is 212 g/mol. The highest BCUT2D eigenvalue weighted by Gasteiger charge is 2.12. The van der Waals surface area contributed by atoms with Gasteiger partial charge in [0.15, 0.2) is 0 Å². The van der Waals surface area contributed by atoms with Gasteiger partial charge in [0, 0.05) is 31.5 Å². The molecule has 1 rings (SSSR count). The first-order valence-electron chi connectivity index (χ1n) is 6.71. The Bertz CT molecular complexity index is 304. The number of rotatable bonds is 8. The number of anilines is 1. The van der Waals surface area contributed by atoms with Gasteiger partial charge < -0.3 is 14.8 Å². The van der Waals surface area contributed by atoms with E-state index in [1.165, 1.54) is 0 Å². The van der Waals surface area contributed by atoms with Crippen LogP contribution in [-0.4, -0.2) is 40.6 Å². The van der Waals surface area contributed by atoms with Crippen molar-refractivity contribution in [2.75, 3.05) is 31.5 Å². The molecular formula is C13H26N4. The highest BCUT2D eigenvalue weighted by molar-refractivity contribution is 5.26. The SMILES string of the molecule is CCCNc1nccn1C(C)CN(CC)CC. The van der Waals surface area contributed by atoms with Gasteiger partial charge in [0.05, 0.1) is 0 Å². The number of likely N-dealkylation sites (N-methyl/N-ethyl adjacent to an activating group) is 1. The molecule has 0 aliphatic heterocycles. The second kappa shape index (κ2) is 7.33. The van der Waals surface area contributed by atoms with Gasteiger partial charge in [-0.1, -0.05) is 20.8 Å². The Balaban J connectivity index is 2.61. The highest BCUT2D eigenvalue weighted by Crippen LogP contribution is 2.14. The lowest BCUT2D eigenvalue weighted by Gasteiger charge is -2.24. The van der Waals surface area contributed by atoms with Crippen molar-refractivity contribution < 1.29 is 0 Å². The molecule has 1 aromatic rings. The number of hydrogen-bond donors (Lipinski definition) is 1. The predicted octanol–water partition coefficient (Wildman–Crippen LogP) is 2.61. The summed E-state index contributed by atoms with van der Waals surface area (Å²) < 4.78 is 2.23. The van der Waals surface area contributed by atoms with Gasteiger partial charge in [-0.3, -0.25) is 0 Å². The quantitative estimate of drug-likeness (QED) is 0.755. The smallest absolute Gasteiger partial charge is 0.203 e. The average molecular weight is 238 g/mol. The van der Waals surface area contributed by atoms with Gasteiger partial charge in [0.25, 0.3) is 0 Å². The van der Waals surface area contributed by atoms with Crippen LogP contribution in [0.15, 0.2) is 12.4 Å². The van der Waals surface area contributed by atoms with E-state index in [-0.39, 0.29) is 0 Å². The lowest BCUT2D eigenvalue weighted by Crippen LogP contribution is -2.29. The lowest BCUT2D eigenvalue weighted by atomic mass is 10.3. The summed E-state index contributed by atoms with van der Waals surface area (Å²) in [7, 11) is 0. The van der Waals surface area contributed by atoms with E-state index in [0.717, 1.165) is 38.5 Å². The zero-order valence-electron chi connectivity index (χ0n) is 11.6. The number of nitrogens with one attached hydrogen (secondary N) is 1. The second-order valence-electron chi connectivity index (χ2n) is 4.42. The molecule has 1 N–H and O–H groups in total. The molecule has 17 heavy (non-hydrogen) atoms. The minimum absolute atomic E-state index is 0.455. The molecule has 4 heteroatoms. The zero-order chi connectivity index (χ0) is 12.7. The predicted molar refractivity (Wildman–Crippen MR) is 73.5 cm³/mol. The van der Waals surface area contributed by atoms with Crippen molar-refractivity contribution in [1.82, 2.24) is 14.5 Å². The maximum absolute atomic E-state index is 4.37. The van der Waals surface area contributed by atoms with E-state index in [0.29, 0.717) is 6.04 Å². The summed E-state index contributed by atoms with van der Waals surface area (Å²) >= 11 is 0. The fourth-order valence-corrected chi connectivity index (χ4v) is 1.99. The van der Waals surface area contributed by atoms with Crippen LogP contribution in [0.5, 0.6) is 0 Å². The van der Waals surface area contributed by atoms with Crippen molar-refractivity contribution in [2.45, 2.75) is 40.2 Å². The van der Waals surface area contributed by atoms with E-state index < -0.39 is 0 Å². The third kappa shape index (κ3) is 4.04. The summed E-state index contributed by atoms with van der Waals surface area (Å²) in [6.45, 7) is 13.1. The first kappa shape index (κ1) is 14.0. The monoisotopic (exact) mass is 238 g/mol. The lowest BCUT2D eigenvalue weighted by molar-refractivity contribution is 0.262. The van der Waals surface area contributed by atoms with Crippen LogP contribution >= 0.6 is 0 Å². The first-order chi connectivity index (χ1) is 8.22. The van der Waals surface area contributed by atoms with Gasteiger partial charge in [-0.15, -0.1) is 0 Å². The highest BCUT2D eigenvalue weighted by atomic mass is 15.2. The molecule has 0 radical (unpaired) electrons. The summed E-state index contributed by atoms with van der Waals surface area (Å²) in [5.41, 5.74) is 0. The van der Waals surface area contributed by atoms with Crippen LogP contribution in [0.3, 0.4) is 0 Å². The Morgan fingerprint density at radius 2 is 2.06 bits per heavy atom. The fourth-order valence-electron chi connectivity index (χ4n) is 1.99. The molecule has 1 atom stereocenters. The van der Waals surface area contributed by atoms with Gasteiger partial charge in [-0.25, -0.2) is 4.98 Å². The molecule has 98 valence electrons. The molecule has 1 unspecified atom stereocenters. The Kier molecular flexibility index (Phi) is 6.05. The molecule has 0 saturated carbocycles. The minimum Gasteiger partial charge on any atom is -0.356 e. The van der Waals surface area contributed by atoms with E-state index in [2.05, 4.69) is 53.7 Å². The van der Waals surface area contributed by atoms with E-state index in [1.54, 1.807) is 0 Å².